The Kier molecular flexibility index (Phi) is 6.36. The molecular weight excluding hydrogens is 244 g/mol. The molecule has 0 aromatic heterocycles. The van der Waals surface area contributed by atoms with Crippen molar-refractivity contribution in [2.45, 2.75) is 25.9 Å². The molecule has 102 valence electrons. The van der Waals surface area contributed by atoms with Crippen molar-refractivity contribution in [3.8, 4) is 5.75 Å². The number of thioether (sulfide) groups is 1. The minimum Gasteiger partial charge on any atom is -0.497 e. The number of rotatable bonds is 7. The number of nitrogens with two attached hydrogens (primary N) is 1. The standard InChI is InChI=1S/C14H24N2OS/c1-11(7-8-18-4)16(2)14-9-13(17-3)6-5-12(14)10-15/h5-6,9,11H,7-8,10,15H2,1-4H3. The Labute approximate surface area is 115 Å². The number of hydrogen-bond acceptors (Lipinski definition) is 4. The van der Waals surface area contributed by atoms with Gasteiger partial charge in [0.05, 0.1) is 7.11 Å². The quantitative estimate of drug-likeness (QED) is 0.825. The molecule has 2 N–H and O–H groups in total. The highest BCUT2D eigenvalue weighted by Crippen LogP contribution is 2.27. The molecule has 0 amide bonds. The molecule has 0 aliphatic rings. The topological polar surface area (TPSA) is 38.5 Å². The molecule has 0 aliphatic carbocycles. The molecule has 1 unspecified atom stereocenters. The third kappa shape index (κ3) is 3.82. The van der Waals surface area contributed by atoms with Crippen molar-refractivity contribution >= 4 is 17.4 Å². The van der Waals surface area contributed by atoms with Gasteiger partial charge in [0.15, 0.2) is 0 Å². The summed E-state index contributed by atoms with van der Waals surface area (Å²) in [7, 11) is 3.82. The van der Waals surface area contributed by atoms with Gasteiger partial charge in [0.2, 0.25) is 0 Å². The van der Waals surface area contributed by atoms with Gasteiger partial charge in [-0.1, -0.05) is 6.07 Å². The van der Waals surface area contributed by atoms with Crippen LogP contribution in [0.4, 0.5) is 5.69 Å². The van der Waals surface area contributed by atoms with Crippen molar-refractivity contribution in [2.75, 3.05) is 31.1 Å². The summed E-state index contributed by atoms with van der Waals surface area (Å²) < 4.78 is 5.29. The molecule has 0 saturated heterocycles. The molecule has 0 spiro atoms. The molecule has 0 radical (unpaired) electrons. The normalized spacial score (nSPS) is 12.3. The molecule has 1 aromatic rings. The maximum absolute atomic E-state index is 5.81. The molecule has 0 heterocycles. The van der Waals surface area contributed by atoms with E-state index in [1.54, 1.807) is 7.11 Å². The van der Waals surface area contributed by atoms with Crippen LogP contribution in [0.1, 0.15) is 18.9 Å². The zero-order chi connectivity index (χ0) is 13.5. The second kappa shape index (κ2) is 7.54. The van der Waals surface area contributed by atoms with Crippen LogP contribution in [0.15, 0.2) is 18.2 Å². The van der Waals surface area contributed by atoms with Crippen LogP contribution in [0.3, 0.4) is 0 Å². The Morgan fingerprint density at radius 3 is 2.72 bits per heavy atom. The monoisotopic (exact) mass is 268 g/mol. The highest BCUT2D eigenvalue weighted by molar-refractivity contribution is 7.98. The summed E-state index contributed by atoms with van der Waals surface area (Å²) in [6, 6.07) is 6.57. The molecule has 0 bridgehead atoms. The molecule has 4 heteroatoms. The molecule has 0 fully saturated rings. The van der Waals surface area contributed by atoms with Gasteiger partial charge in [-0.05, 0) is 37.0 Å². The van der Waals surface area contributed by atoms with Gasteiger partial charge >= 0.3 is 0 Å². The van der Waals surface area contributed by atoms with E-state index in [1.165, 1.54) is 17.9 Å². The first-order chi connectivity index (χ1) is 8.63. The molecule has 1 rings (SSSR count). The van der Waals surface area contributed by atoms with Crippen molar-refractivity contribution in [3.05, 3.63) is 23.8 Å². The summed E-state index contributed by atoms with van der Waals surface area (Å²) in [5.41, 5.74) is 8.14. The van der Waals surface area contributed by atoms with Crippen LogP contribution in [-0.2, 0) is 6.54 Å². The van der Waals surface area contributed by atoms with Gasteiger partial charge in [-0.2, -0.15) is 11.8 Å². The van der Waals surface area contributed by atoms with Crippen molar-refractivity contribution in [1.82, 2.24) is 0 Å². The number of ether oxygens (including phenoxy) is 1. The maximum atomic E-state index is 5.81. The first-order valence-corrected chi connectivity index (χ1v) is 7.62. The molecule has 0 aliphatic heterocycles. The Hall–Kier alpha value is -0.870. The zero-order valence-corrected chi connectivity index (χ0v) is 12.6. The van der Waals surface area contributed by atoms with Crippen LogP contribution in [0.25, 0.3) is 0 Å². The Balaban J connectivity index is 2.91. The molecule has 3 nitrogen and oxygen atoms in total. The summed E-state index contributed by atoms with van der Waals surface area (Å²) in [6.45, 7) is 2.80. The summed E-state index contributed by atoms with van der Waals surface area (Å²) in [5, 5.41) is 0. The van der Waals surface area contributed by atoms with Crippen LogP contribution in [-0.4, -0.2) is 32.2 Å². The van der Waals surface area contributed by atoms with Crippen LogP contribution >= 0.6 is 11.8 Å². The van der Waals surface area contributed by atoms with Crippen molar-refractivity contribution < 1.29 is 4.74 Å². The summed E-state index contributed by atoms with van der Waals surface area (Å²) in [6.07, 6.45) is 3.31. The van der Waals surface area contributed by atoms with Gasteiger partial charge in [0.25, 0.3) is 0 Å². The lowest BCUT2D eigenvalue weighted by Gasteiger charge is -2.29. The van der Waals surface area contributed by atoms with Gasteiger partial charge in [0, 0.05) is 31.4 Å². The summed E-state index contributed by atoms with van der Waals surface area (Å²) in [4.78, 5) is 2.29. The lowest BCUT2D eigenvalue weighted by atomic mass is 10.1. The van der Waals surface area contributed by atoms with Crippen LogP contribution < -0.4 is 15.4 Å². The Morgan fingerprint density at radius 1 is 1.44 bits per heavy atom. The lowest BCUT2D eigenvalue weighted by Crippen LogP contribution is -2.30. The highest BCUT2D eigenvalue weighted by Gasteiger charge is 2.13. The molecule has 1 atom stereocenters. The fraction of sp³-hybridized carbons (Fsp3) is 0.571. The average Bonchev–Trinajstić information content (AvgIpc) is 2.43. The van der Waals surface area contributed by atoms with E-state index in [-0.39, 0.29) is 0 Å². The number of methoxy groups -OCH3 is 1. The number of hydrogen-bond donors (Lipinski definition) is 1. The third-order valence-corrected chi connectivity index (χ3v) is 3.94. The molecule has 18 heavy (non-hydrogen) atoms. The van der Waals surface area contributed by atoms with Crippen molar-refractivity contribution in [2.24, 2.45) is 5.73 Å². The Morgan fingerprint density at radius 2 is 2.17 bits per heavy atom. The molecular formula is C14H24N2OS. The largest absolute Gasteiger partial charge is 0.497 e. The van der Waals surface area contributed by atoms with Crippen LogP contribution in [0.2, 0.25) is 0 Å². The smallest absolute Gasteiger partial charge is 0.120 e. The Bertz CT molecular complexity index is 371. The zero-order valence-electron chi connectivity index (χ0n) is 11.8. The summed E-state index contributed by atoms with van der Waals surface area (Å²) in [5.74, 6) is 2.05. The fourth-order valence-electron chi connectivity index (χ4n) is 1.89. The number of anilines is 1. The van der Waals surface area contributed by atoms with Crippen LogP contribution in [0, 0.1) is 0 Å². The third-order valence-electron chi connectivity index (χ3n) is 3.29. The van der Waals surface area contributed by atoms with Crippen LogP contribution in [0.5, 0.6) is 5.75 Å². The second-order valence-corrected chi connectivity index (χ2v) is 5.43. The van der Waals surface area contributed by atoms with Gasteiger partial charge in [0.1, 0.15) is 5.75 Å². The van der Waals surface area contributed by atoms with Gasteiger partial charge in [-0.15, -0.1) is 0 Å². The average molecular weight is 268 g/mol. The fourth-order valence-corrected chi connectivity index (χ4v) is 2.47. The molecule has 1 aromatic carbocycles. The van der Waals surface area contributed by atoms with Gasteiger partial charge < -0.3 is 15.4 Å². The van der Waals surface area contributed by atoms with E-state index in [1.807, 2.05) is 23.9 Å². The van der Waals surface area contributed by atoms with E-state index in [0.717, 1.165) is 11.3 Å². The maximum Gasteiger partial charge on any atom is 0.120 e. The molecule has 0 saturated carbocycles. The van der Waals surface area contributed by atoms with E-state index in [9.17, 15) is 0 Å². The second-order valence-electron chi connectivity index (χ2n) is 4.44. The van der Waals surface area contributed by atoms with Crippen molar-refractivity contribution in [1.29, 1.82) is 0 Å². The lowest BCUT2D eigenvalue weighted by molar-refractivity contribution is 0.414. The van der Waals surface area contributed by atoms with Crippen molar-refractivity contribution in [3.63, 3.8) is 0 Å². The minimum atomic E-state index is 0.495. The van der Waals surface area contributed by atoms with Gasteiger partial charge in [-0.25, -0.2) is 0 Å². The highest BCUT2D eigenvalue weighted by atomic mass is 32.2. The number of benzene rings is 1. The van der Waals surface area contributed by atoms with Gasteiger partial charge in [-0.3, -0.25) is 0 Å². The van der Waals surface area contributed by atoms with E-state index < -0.39 is 0 Å². The first kappa shape index (κ1) is 15.2. The first-order valence-electron chi connectivity index (χ1n) is 6.22. The minimum absolute atomic E-state index is 0.495. The SMILES string of the molecule is COc1ccc(CN)c(N(C)C(C)CCSC)c1. The number of nitrogens with zero attached hydrogens (tertiary/aromatic N) is 1. The van der Waals surface area contributed by atoms with E-state index in [0.29, 0.717) is 12.6 Å². The summed E-state index contributed by atoms with van der Waals surface area (Å²) >= 11 is 1.88. The predicted molar refractivity (Wildman–Crippen MR) is 81.7 cm³/mol. The van der Waals surface area contributed by atoms with E-state index >= 15 is 0 Å². The predicted octanol–water partition coefficient (Wildman–Crippen LogP) is 2.73. The van der Waals surface area contributed by atoms with E-state index in [4.69, 9.17) is 10.5 Å². The van der Waals surface area contributed by atoms with E-state index in [2.05, 4.69) is 31.2 Å².